The van der Waals surface area contributed by atoms with Gasteiger partial charge in [-0.05, 0) is 23.8 Å². The smallest absolute Gasteiger partial charge is 0.292 e. The number of carbonyl (C=O) groups is 1. The Bertz CT molecular complexity index is 1350. The number of nitrogens with one attached hydrogen (secondary N) is 2. The molecule has 0 spiro atoms. The van der Waals surface area contributed by atoms with Gasteiger partial charge in [-0.2, -0.15) is 0 Å². The zero-order valence-corrected chi connectivity index (χ0v) is 17.3. The number of anilines is 1. The summed E-state index contributed by atoms with van der Waals surface area (Å²) in [6.45, 7) is 0. The minimum atomic E-state index is -0.578. The van der Waals surface area contributed by atoms with Crippen LogP contribution in [0.5, 0.6) is 0 Å². The third-order valence-corrected chi connectivity index (χ3v) is 6.04. The van der Waals surface area contributed by atoms with E-state index in [9.17, 15) is 24.1 Å². The molecule has 0 bridgehead atoms. The molecule has 0 saturated heterocycles. The number of aromatic amines is 1. The first-order valence-electron chi connectivity index (χ1n) is 8.86. The van der Waals surface area contributed by atoms with Crippen molar-refractivity contribution < 1.29 is 14.1 Å². The summed E-state index contributed by atoms with van der Waals surface area (Å²) >= 11 is 2.28. The summed E-state index contributed by atoms with van der Waals surface area (Å²) in [4.78, 5) is 42.8. The maximum atomic E-state index is 13.2. The number of nitro groups is 1. The number of nitrogens with zero attached hydrogens (tertiary/aromatic N) is 2. The first-order chi connectivity index (χ1) is 14.9. The van der Waals surface area contributed by atoms with Crippen LogP contribution in [-0.4, -0.2) is 26.6 Å². The molecule has 0 fully saturated rings. The van der Waals surface area contributed by atoms with Gasteiger partial charge >= 0.3 is 0 Å². The van der Waals surface area contributed by atoms with Crippen LogP contribution < -0.4 is 10.9 Å². The highest BCUT2D eigenvalue weighted by Crippen LogP contribution is 2.31. The first-order valence-corrected chi connectivity index (χ1v) is 10.7. The van der Waals surface area contributed by atoms with Crippen molar-refractivity contribution in [2.24, 2.45) is 0 Å². The number of hydrogen-bond donors (Lipinski definition) is 2. The average Bonchev–Trinajstić information content (AvgIpc) is 3.18. The molecule has 0 radical (unpaired) electrons. The van der Waals surface area contributed by atoms with Crippen LogP contribution in [0.25, 0.3) is 21.3 Å². The van der Waals surface area contributed by atoms with E-state index in [4.69, 9.17) is 0 Å². The van der Waals surface area contributed by atoms with Crippen molar-refractivity contribution in [3.05, 3.63) is 80.2 Å². The molecule has 4 rings (SSSR count). The number of aromatic nitrogens is 2. The zero-order chi connectivity index (χ0) is 22.0. The number of hydrogen-bond acceptors (Lipinski definition) is 7. The Labute approximate surface area is 182 Å². The molecule has 156 valence electrons. The predicted molar refractivity (Wildman–Crippen MR) is 118 cm³/mol. The molecule has 11 heteroatoms. The molecule has 1 amide bonds. The van der Waals surface area contributed by atoms with Gasteiger partial charge in [0, 0.05) is 17.0 Å². The molecule has 0 aliphatic rings. The van der Waals surface area contributed by atoms with Crippen molar-refractivity contribution in [3.63, 3.8) is 0 Å². The van der Waals surface area contributed by atoms with Crippen LogP contribution >= 0.6 is 23.1 Å². The lowest BCUT2D eigenvalue weighted by Crippen LogP contribution is -2.16. The molecule has 4 aromatic rings. The van der Waals surface area contributed by atoms with Gasteiger partial charge in [0.1, 0.15) is 16.3 Å². The van der Waals surface area contributed by atoms with Gasteiger partial charge in [-0.15, -0.1) is 11.3 Å². The summed E-state index contributed by atoms with van der Waals surface area (Å²) in [6.07, 6.45) is 0. The average molecular weight is 456 g/mol. The summed E-state index contributed by atoms with van der Waals surface area (Å²) < 4.78 is 13.2. The number of nitro benzene ring substituents is 1. The highest BCUT2D eigenvalue weighted by Gasteiger charge is 2.17. The van der Waals surface area contributed by atoms with Crippen LogP contribution in [0.15, 0.2) is 63.9 Å². The number of rotatable bonds is 6. The van der Waals surface area contributed by atoms with Crippen LogP contribution in [0.4, 0.5) is 15.8 Å². The molecular weight excluding hydrogens is 443 g/mol. The molecule has 0 atom stereocenters. The number of thiophene rings is 1. The van der Waals surface area contributed by atoms with Gasteiger partial charge in [-0.1, -0.05) is 36.0 Å². The molecule has 8 nitrogen and oxygen atoms in total. The van der Waals surface area contributed by atoms with Crippen molar-refractivity contribution >= 4 is 50.6 Å². The Hall–Kier alpha value is -3.57. The van der Waals surface area contributed by atoms with E-state index in [0.717, 1.165) is 11.8 Å². The summed E-state index contributed by atoms with van der Waals surface area (Å²) in [5, 5.41) is 16.0. The lowest BCUT2D eigenvalue weighted by Gasteiger charge is -2.06. The van der Waals surface area contributed by atoms with Crippen molar-refractivity contribution in [1.29, 1.82) is 0 Å². The topological polar surface area (TPSA) is 118 Å². The number of thioether (sulfide) groups is 1. The van der Waals surface area contributed by atoms with E-state index < -0.39 is 10.8 Å². The van der Waals surface area contributed by atoms with Gasteiger partial charge in [0.05, 0.1) is 16.1 Å². The van der Waals surface area contributed by atoms with Crippen molar-refractivity contribution in [1.82, 2.24) is 9.97 Å². The fourth-order valence-electron chi connectivity index (χ4n) is 2.90. The van der Waals surface area contributed by atoms with E-state index in [-0.39, 0.29) is 33.7 Å². The van der Waals surface area contributed by atoms with E-state index >= 15 is 0 Å². The summed E-state index contributed by atoms with van der Waals surface area (Å²) in [5.41, 5.74) is 0.869. The SMILES string of the molecule is O=C(CSc1nc2scc(-c3ccc(F)cc3)c2c(=O)[nH]1)Nc1ccccc1[N+](=O)[O-]. The maximum Gasteiger partial charge on any atom is 0.292 e. The summed E-state index contributed by atoms with van der Waals surface area (Å²) in [6, 6.07) is 11.6. The van der Waals surface area contributed by atoms with Gasteiger partial charge < -0.3 is 10.3 Å². The van der Waals surface area contributed by atoms with Crippen LogP contribution in [0, 0.1) is 15.9 Å². The molecule has 2 heterocycles. The monoisotopic (exact) mass is 456 g/mol. The van der Waals surface area contributed by atoms with E-state index in [1.165, 1.54) is 41.7 Å². The quantitative estimate of drug-likeness (QED) is 0.192. The second-order valence-corrected chi connectivity index (χ2v) is 8.14. The number of para-hydroxylation sites is 2. The van der Waals surface area contributed by atoms with Gasteiger partial charge in [-0.3, -0.25) is 19.7 Å². The maximum absolute atomic E-state index is 13.2. The highest BCUT2D eigenvalue weighted by atomic mass is 32.2. The van der Waals surface area contributed by atoms with Crippen LogP contribution in [0.3, 0.4) is 0 Å². The molecule has 2 aromatic carbocycles. The second kappa shape index (κ2) is 8.66. The molecular formula is C20H13FN4O4S2. The Morgan fingerprint density at radius 3 is 2.71 bits per heavy atom. The fraction of sp³-hybridized carbons (Fsp3) is 0.0500. The molecule has 2 aromatic heterocycles. The van der Waals surface area contributed by atoms with Crippen molar-refractivity contribution in [3.8, 4) is 11.1 Å². The predicted octanol–water partition coefficient (Wildman–Crippen LogP) is 4.43. The number of fused-ring (bicyclic) bond motifs is 1. The molecule has 2 N–H and O–H groups in total. The first kappa shape index (κ1) is 20.7. The molecule has 0 unspecified atom stereocenters. The fourth-order valence-corrected chi connectivity index (χ4v) is 4.56. The van der Waals surface area contributed by atoms with E-state index in [1.807, 2.05) is 0 Å². The van der Waals surface area contributed by atoms with Gasteiger partial charge in [0.25, 0.3) is 11.2 Å². The lowest BCUT2D eigenvalue weighted by atomic mass is 10.1. The molecule has 0 saturated carbocycles. The van der Waals surface area contributed by atoms with Gasteiger partial charge in [0.2, 0.25) is 5.91 Å². The largest absolute Gasteiger partial charge is 0.320 e. The lowest BCUT2D eigenvalue weighted by molar-refractivity contribution is -0.383. The van der Waals surface area contributed by atoms with E-state index in [0.29, 0.717) is 21.3 Å². The third-order valence-electron chi connectivity index (χ3n) is 4.29. The van der Waals surface area contributed by atoms with Crippen LogP contribution in [0.1, 0.15) is 0 Å². The van der Waals surface area contributed by atoms with Crippen molar-refractivity contribution in [2.45, 2.75) is 5.16 Å². The summed E-state index contributed by atoms with van der Waals surface area (Å²) in [7, 11) is 0. The number of carbonyl (C=O) groups excluding carboxylic acids is 1. The normalized spacial score (nSPS) is 10.9. The number of H-pyrrole nitrogens is 1. The number of halogens is 1. The number of benzene rings is 2. The Morgan fingerprint density at radius 2 is 1.97 bits per heavy atom. The third kappa shape index (κ3) is 4.47. The molecule has 0 aliphatic carbocycles. The minimum absolute atomic E-state index is 0.0946. The Balaban J connectivity index is 1.51. The second-order valence-electron chi connectivity index (χ2n) is 6.32. The van der Waals surface area contributed by atoms with Crippen LogP contribution in [-0.2, 0) is 4.79 Å². The Kier molecular flexibility index (Phi) is 5.78. The van der Waals surface area contributed by atoms with Gasteiger partial charge in [-0.25, -0.2) is 9.37 Å². The highest BCUT2D eigenvalue weighted by molar-refractivity contribution is 7.99. The van der Waals surface area contributed by atoms with Gasteiger partial charge in [0.15, 0.2) is 5.16 Å². The molecule has 31 heavy (non-hydrogen) atoms. The number of amides is 1. The van der Waals surface area contributed by atoms with E-state index in [2.05, 4.69) is 15.3 Å². The zero-order valence-electron chi connectivity index (χ0n) is 15.6. The minimum Gasteiger partial charge on any atom is -0.320 e. The Morgan fingerprint density at radius 1 is 1.23 bits per heavy atom. The van der Waals surface area contributed by atoms with E-state index in [1.54, 1.807) is 23.6 Å². The van der Waals surface area contributed by atoms with Crippen LogP contribution in [0.2, 0.25) is 0 Å². The van der Waals surface area contributed by atoms with Crippen molar-refractivity contribution in [2.75, 3.05) is 11.1 Å². The summed E-state index contributed by atoms with van der Waals surface area (Å²) in [5.74, 6) is -0.940. The molecule has 0 aliphatic heterocycles. The standard InChI is InChI=1S/C20H13FN4O4S2/c21-12-7-5-11(6-8-12)13-9-30-19-17(13)18(27)23-20(24-19)31-10-16(26)22-14-3-1-2-4-15(14)25(28)29/h1-9H,10H2,(H,22,26)(H,23,24,27).